The van der Waals surface area contributed by atoms with Crippen molar-refractivity contribution in [2.24, 2.45) is 11.3 Å². The molecule has 2 aliphatic carbocycles. The molecule has 0 aliphatic heterocycles. The van der Waals surface area contributed by atoms with Crippen LogP contribution in [0.15, 0.2) is 24.8 Å². The van der Waals surface area contributed by atoms with Gasteiger partial charge in [0, 0.05) is 22.4 Å². The molecule has 3 atom stereocenters. The number of imidazole rings is 1. The summed E-state index contributed by atoms with van der Waals surface area (Å²) in [7, 11) is 0. The number of carbonyl (C=O) groups excluding carboxylic acids is 1. The third-order valence-corrected chi connectivity index (χ3v) is 8.13. The molecule has 3 nitrogen and oxygen atoms in total. The van der Waals surface area contributed by atoms with E-state index in [1.54, 1.807) is 23.3 Å². The van der Waals surface area contributed by atoms with Gasteiger partial charge in [0.1, 0.15) is 6.33 Å². The zero-order valence-corrected chi connectivity index (χ0v) is 18.6. The number of nitrogens with zero attached hydrogens (tertiary/aromatic N) is 2. The van der Waals surface area contributed by atoms with Crippen LogP contribution in [0.5, 0.6) is 0 Å². The van der Waals surface area contributed by atoms with E-state index in [1.807, 2.05) is 0 Å². The van der Waals surface area contributed by atoms with Gasteiger partial charge in [0.25, 0.3) is 0 Å². The Labute approximate surface area is 177 Å². The van der Waals surface area contributed by atoms with Crippen molar-refractivity contribution in [3.63, 3.8) is 0 Å². The van der Waals surface area contributed by atoms with Crippen LogP contribution >= 0.6 is 23.2 Å². The summed E-state index contributed by atoms with van der Waals surface area (Å²) in [6.07, 6.45) is 9.92. The molecule has 1 aromatic carbocycles. The molecule has 0 unspecified atom stereocenters. The lowest BCUT2D eigenvalue weighted by atomic mass is 9.49. The van der Waals surface area contributed by atoms with Crippen molar-refractivity contribution < 1.29 is 4.79 Å². The molecule has 0 bridgehead atoms. The highest BCUT2D eigenvalue weighted by atomic mass is 35.5. The maximum Gasteiger partial charge on any atom is 0.238 e. The Morgan fingerprint density at radius 3 is 2.68 bits per heavy atom. The van der Waals surface area contributed by atoms with Crippen LogP contribution in [0, 0.1) is 11.3 Å². The van der Waals surface area contributed by atoms with Gasteiger partial charge in [0.2, 0.25) is 5.91 Å². The SMILES string of the molecule is CC(C)c1c(Cl)cc2c(c1Cl)CC[C@@H]1[C@](C)(C(=O)n3ccnc3)CCC[C@]21C. The molecule has 0 amide bonds. The standard InChI is InChI=1S/C23H28Cl2N2O/c1-14(2)19-17(24)12-16-15(20(19)25)6-7-18-22(16,3)8-5-9-23(18,4)21(28)27-11-10-26-13-27/h10-14,18H,5-9H2,1-4H3/t18-,22+,23+/m0/s1. The van der Waals surface area contributed by atoms with Crippen molar-refractivity contribution in [3.05, 3.63) is 51.5 Å². The summed E-state index contributed by atoms with van der Waals surface area (Å²) in [6.45, 7) is 8.73. The quantitative estimate of drug-likeness (QED) is 0.545. The molecule has 0 saturated heterocycles. The molecule has 1 saturated carbocycles. The highest BCUT2D eigenvalue weighted by Crippen LogP contribution is 2.59. The third-order valence-electron chi connectivity index (χ3n) is 7.39. The minimum Gasteiger partial charge on any atom is -0.276 e. The fourth-order valence-corrected chi connectivity index (χ4v) is 7.00. The lowest BCUT2D eigenvalue weighted by Crippen LogP contribution is -2.53. The zero-order chi connectivity index (χ0) is 20.3. The van der Waals surface area contributed by atoms with Gasteiger partial charge in [-0.05, 0) is 65.7 Å². The summed E-state index contributed by atoms with van der Waals surface area (Å²) < 4.78 is 1.66. The van der Waals surface area contributed by atoms with Crippen LogP contribution in [0.1, 0.15) is 80.8 Å². The van der Waals surface area contributed by atoms with Gasteiger partial charge in [-0.3, -0.25) is 9.36 Å². The monoisotopic (exact) mass is 418 g/mol. The van der Waals surface area contributed by atoms with Crippen LogP contribution in [0.3, 0.4) is 0 Å². The maximum absolute atomic E-state index is 13.4. The lowest BCUT2D eigenvalue weighted by molar-refractivity contribution is 0.0166. The number of hydrogen-bond acceptors (Lipinski definition) is 2. The predicted molar refractivity (Wildman–Crippen MR) is 115 cm³/mol. The first-order valence-electron chi connectivity index (χ1n) is 10.2. The summed E-state index contributed by atoms with van der Waals surface area (Å²) in [6, 6.07) is 2.15. The Hall–Kier alpha value is -1.32. The lowest BCUT2D eigenvalue weighted by Gasteiger charge is -2.54. The molecular weight excluding hydrogens is 391 g/mol. The molecule has 2 aromatic rings. The minimum atomic E-state index is -0.416. The molecule has 0 N–H and O–H groups in total. The van der Waals surface area contributed by atoms with E-state index in [4.69, 9.17) is 23.2 Å². The topological polar surface area (TPSA) is 34.9 Å². The summed E-state index contributed by atoms with van der Waals surface area (Å²) in [5, 5.41) is 1.60. The summed E-state index contributed by atoms with van der Waals surface area (Å²) in [4.78, 5) is 17.5. The van der Waals surface area contributed by atoms with E-state index in [0.717, 1.165) is 47.7 Å². The first-order valence-corrected chi connectivity index (χ1v) is 11.0. The smallest absolute Gasteiger partial charge is 0.238 e. The molecule has 1 fully saturated rings. The van der Waals surface area contributed by atoms with E-state index in [-0.39, 0.29) is 23.2 Å². The number of fused-ring (bicyclic) bond motifs is 3. The van der Waals surface area contributed by atoms with Crippen molar-refractivity contribution in [1.82, 2.24) is 9.55 Å². The summed E-state index contributed by atoms with van der Waals surface area (Å²) in [5.74, 6) is 0.698. The Balaban J connectivity index is 1.83. The van der Waals surface area contributed by atoms with Crippen molar-refractivity contribution in [1.29, 1.82) is 0 Å². The average Bonchev–Trinajstić information content (AvgIpc) is 3.15. The van der Waals surface area contributed by atoms with Crippen LogP contribution < -0.4 is 0 Å². The molecule has 2 aliphatic rings. The van der Waals surface area contributed by atoms with Gasteiger partial charge in [-0.1, -0.05) is 57.3 Å². The van der Waals surface area contributed by atoms with E-state index in [0.29, 0.717) is 0 Å². The second kappa shape index (κ2) is 6.88. The minimum absolute atomic E-state index is 0.0976. The molecule has 1 heterocycles. The molecule has 150 valence electrons. The Bertz CT molecular complexity index is 921. The number of aromatic nitrogens is 2. The largest absolute Gasteiger partial charge is 0.276 e. The molecule has 4 rings (SSSR count). The van der Waals surface area contributed by atoms with Crippen molar-refractivity contribution in [2.45, 2.75) is 71.1 Å². The van der Waals surface area contributed by atoms with E-state index < -0.39 is 5.41 Å². The molecule has 28 heavy (non-hydrogen) atoms. The molecule has 1 aromatic heterocycles. The first kappa shape index (κ1) is 20.0. The fraction of sp³-hybridized carbons (Fsp3) is 0.565. The third kappa shape index (κ3) is 2.77. The normalized spacial score (nSPS) is 29.5. The second-order valence-electron chi connectivity index (χ2n) is 9.32. The van der Waals surface area contributed by atoms with E-state index in [1.165, 1.54) is 11.1 Å². The number of halogens is 2. The fourth-order valence-electron chi connectivity index (χ4n) is 6.01. The van der Waals surface area contributed by atoms with Gasteiger partial charge in [-0.15, -0.1) is 0 Å². The van der Waals surface area contributed by atoms with E-state index in [2.05, 4.69) is 38.7 Å². The molecule has 5 heteroatoms. The van der Waals surface area contributed by atoms with Crippen LogP contribution in [-0.4, -0.2) is 15.5 Å². The van der Waals surface area contributed by atoms with Gasteiger partial charge in [-0.2, -0.15) is 0 Å². The van der Waals surface area contributed by atoms with E-state index in [9.17, 15) is 4.79 Å². The van der Waals surface area contributed by atoms with Crippen LogP contribution in [-0.2, 0) is 11.8 Å². The number of rotatable bonds is 2. The summed E-state index contributed by atoms with van der Waals surface area (Å²) >= 11 is 13.6. The maximum atomic E-state index is 13.4. The van der Waals surface area contributed by atoms with Crippen LogP contribution in [0.4, 0.5) is 0 Å². The number of carbonyl (C=O) groups is 1. The Kier molecular flexibility index (Phi) is 4.91. The van der Waals surface area contributed by atoms with Crippen molar-refractivity contribution in [2.75, 3.05) is 0 Å². The Morgan fingerprint density at radius 2 is 2.04 bits per heavy atom. The highest BCUT2D eigenvalue weighted by molar-refractivity contribution is 6.36. The molecular formula is C23H28Cl2N2O. The van der Waals surface area contributed by atoms with Crippen molar-refractivity contribution >= 4 is 29.1 Å². The van der Waals surface area contributed by atoms with Gasteiger partial charge in [-0.25, -0.2) is 4.98 Å². The van der Waals surface area contributed by atoms with Crippen LogP contribution in [0.2, 0.25) is 10.0 Å². The average molecular weight is 419 g/mol. The Morgan fingerprint density at radius 1 is 1.29 bits per heavy atom. The summed E-state index contributed by atoms with van der Waals surface area (Å²) in [5.41, 5.74) is 3.04. The zero-order valence-electron chi connectivity index (χ0n) is 17.1. The van der Waals surface area contributed by atoms with Gasteiger partial charge < -0.3 is 0 Å². The second-order valence-corrected chi connectivity index (χ2v) is 10.1. The number of hydrogen-bond donors (Lipinski definition) is 0. The van der Waals surface area contributed by atoms with Gasteiger partial charge in [0.05, 0.1) is 5.41 Å². The highest BCUT2D eigenvalue weighted by Gasteiger charge is 2.55. The number of benzene rings is 1. The van der Waals surface area contributed by atoms with Crippen molar-refractivity contribution in [3.8, 4) is 0 Å². The molecule has 0 spiro atoms. The van der Waals surface area contributed by atoms with Crippen LogP contribution in [0.25, 0.3) is 0 Å². The predicted octanol–water partition coefficient (Wildman–Crippen LogP) is 6.66. The van der Waals surface area contributed by atoms with E-state index >= 15 is 0 Å². The first-order chi connectivity index (χ1) is 13.2. The molecule has 0 radical (unpaired) electrons. The van der Waals surface area contributed by atoms with Gasteiger partial charge in [0.15, 0.2) is 0 Å². The van der Waals surface area contributed by atoms with Gasteiger partial charge >= 0.3 is 0 Å².